The molecule has 19 heavy (non-hydrogen) atoms. The molecule has 0 spiro atoms. The predicted octanol–water partition coefficient (Wildman–Crippen LogP) is -0.351. The Kier molecular flexibility index (Phi) is 5.02. The summed E-state index contributed by atoms with van der Waals surface area (Å²) >= 11 is 0. The second-order valence-corrected chi connectivity index (χ2v) is 4.35. The molecule has 6 nitrogen and oxygen atoms in total. The Balaban J connectivity index is 2.86. The fraction of sp³-hybridized carbons (Fsp3) is 0.385. The Morgan fingerprint density at radius 3 is 2.00 bits per heavy atom. The van der Waals surface area contributed by atoms with Crippen molar-refractivity contribution < 1.29 is 19.8 Å². The van der Waals surface area contributed by atoms with Gasteiger partial charge in [0.2, 0.25) is 5.91 Å². The van der Waals surface area contributed by atoms with Crippen molar-refractivity contribution in [3.05, 3.63) is 35.4 Å². The van der Waals surface area contributed by atoms with Crippen LogP contribution in [0, 0.1) is 0 Å². The van der Waals surface area contributed by atoms with Crippen molar-refractivity contribution in [3.63, 3.8) is 0 Å². The standard InChI is InChI=1S/C13H18N2O4/c1-2-13(7-16,8-17)15-12(19)10-5-3-9(4-6-10)11(14)18/h3-6,16-17H,2,7-8H2,1H3,(H2,14,18)(H,15,19). The minimum atomic E-state index is -1.04. The molecule has 0 unspecified atom stereocenters. The van der Waals surface area contributed by atoms with Crippen LogP contribution in [-0.2, 0) is 0 Å². The monoisotopic (exact) mass is 266 g/mol. The highest BCUT2D eigenvalue weighted by molar-refractivity contribution is 5.97. The van der Waals surface area contributed by atoms with Gasteiger partial charge in [0, 0.05) is 11.1 Å². The van der Waals surface area contributed by atoms with Crippen molar-refractivity contribution in [2.75, 3.05) is 13.2 Å². The third kappa shape index (κ3) is 3.52. The Hall–Kier alpha value is -1.92. The molecule has 5 N–H and O–H groups in total. The van der Waals surface area contributed by atoms with Gasteiger partial charge < -0.3 is 21.3 Å². The van der Waals surface area contributed by atoms with Crippen molar-refractivity contribution in [3.8, 4) is 0 Å². The fourth-order valence-electron chi connectivity index (χ4n) is 1.54. The first-order valence-electron chi connectivity index (χ1n) is 5.92. The average molecular weight is 266 g/mol. The van der Waals surface area contributed by atoms with Crippen LogP contribution >= 0.6 is 0 Å². The van der Waals surface area contributed by atoms with Gasteiger partial charge >= 0.3 is 0 Å². The highest BCUT2D eigenvalue weighted by Gasteiger charge is 2.28. The van der Waals surface area contributed by atoms with Gasteiger partial charge in [-0.2, -0.15) is 0 Å². The summed E-state index contributed by atoms with van der Waals surface area (Å²) < 4.78 is 0. The smallest absolute Gasteiger partial charge is 0.251 e. The maximum atomic E-state index is 12.0. The van der Waals surface area contributed by atoms with Crippen molar-refractivity contribution >= 4 is 11.8 Å². The molecule has 0 aliphatic carbocycles. The zero-order valence-corrected chi connectivity index (χ0v) is 10.7. The summed E-state index contributed by atoms with van der Waals surface area (Å²) in [4.78, 5) is 22.9. The molecule has 0 atom stereocenters. The number of carbonyl (C=O) groups excluding carboxylic acids is 2. The van der Waals surface area contributed by atoms with Gasteiger partial charge in [-0.15, -0.1) is 0 Å². The van der Waals surface area contributed by atoms with Gasteiger partial charge in [-0.3, -0.25) is 9.59 Å². The summed E-state index contributed by atoms with van der Waals surface area (Å²) in [7, 11) is 0. The zero-order chi connectivity index (χ0) is 14.5. The van der Waals surface area contributed by atoms with Crippen molar-refractivity contribution in [2.24, 2.45) is 5.73 Å². The van der Waals surface area contributed by atoms with Gasteiger partial charge in [-0.05, 0) is 30.7 Å². The topological polar surface area (TPSA) is 113 Å². The highest BCUT2D eigenvalue weighted by atomic mass is 16.3. The van der Waals surface area contributed by atoms with E-state index in [9.17, 15) is 19.8 Å². The van der Waals surface area contributed by atoms with Crippen LogP contribution in [0.25, 0.3) is 0 Å². The van der Waals surface area contributed by atoms with Crippen LogP contribution in [0.1, 0.15) is 34.1 Å². The number of hydrogen-bond acceptors (Lipinski definition) is 4. The van der Waals surface area contributed by atoms with Crippen LogP contribution in [0.15, 0.2) is 24.3 Å². The Morgan fingerprint density at radius 1 is 1.16 bits per heavy atom. The molecule has 0 fully saturated rings. The van der Waals surface area contributed by atoms with Crippen LogP contribution in [-0.4, -0.2) is 40.8 Å². The molecule has 0 saturated carbocycles. The van der Waals surface area contributed by atoms with E-state index in [4.69, 9.17) is 5.73 Å². The lowest BCUT2D eigenvalue weighted by atomic mass is 9.97. The molecule has 0 aromatic heterocycles. The number of amides is 2. The van der Waals surface area contributed by atoms with Gasteiger partial charge in [0.1, 0.15) is 0 Å². The largest absolute Gasteiger partial charge is 0.394 e. The lowest BCUT2D eigenvalue weighted by Gasteiger charge is -2.29. The molecule has 0 saturated heterocycles. The van der Waals surface area contributed by atoms with Gasteiger partial charge in [-0.1, -0.05) is 6.92 Å². The number of carbonyl (C=O) groups is 2. The molecule has 0 aliphatic heterocycles. The highest BCUT2D eigenvalue weighted by Crippen LogP contribution is 2.11. The van der Waals surface area contributed by atoms with Gasteiger partial charge in [0.25, 0.3) is 5.91 Å². The SMILES string of the molecule is CCC(CO)(CO)NC(=O)c1ccc(C(N)=O)cc1. The second-order valence-electron chi connectivity index (χ2n) is 4.35. The summed E-state index contributed by atoms with van der Waals surface area (Å²) in [5, 5.41) is 21.1. The molecular formula is C13H18N2O4. The van der Waals surface area contributed by atoms with Crippen LogP contribution in [0.4, 0.5) is 0 Å². The van der Waals surface area contributed by atoms with Crippen molar-refractivity contribution in [2.45, 2.75) is 18.9 Å². The summed E-state index contributed by atoms with van der Waals surface area (Å²) in [6, 6.07) is 5.82. The number of aliphatic hydroxyl groups is 2. The van der Waals surface area contributed by atoms with Crippen LogP contribution in [0.2, 0.25) is 0 Å². The lowest BCUT2D eigenvalue weighted by molar-refractivity contribution is 0.0653. The van der Waals surface area contributed by atoms with E-state index < -0.39 is 17.4 Å². The number of primary amides is 1. The molecule has 1 aromatic carbocycles. The normalized spacial score (nSPS) is 11.1. The van der Waals surface area contributed by atoms with Gasteiger partial charge in [-0.25, -0.2) is 0 Å². The Labute approximate surface area is 111 Å². The zero-order valence-electron chi connectivity index (χ0n) is 10.7. The first kappa shape index (κ1) is 15.1. The minimum absolute atomic E-state index is 0.308. The fourth-order valence-corrected chi connectivity index (χ4v) is 1.54. The molecule has 0 aliphatic rings. The van der Waals surface area contributed by atoms with E-state index in [1.165, 1.54) is 24.3 Å². The van der Waals surface area contributed by atoms with E-state index in [0.717, 1.165) is 0 Å². The number of aliphatic hydroxyl groups excluding tert-OH is 2. The molecule has 0 radical (unpaired) electrons. The lowest BCUT2D eigenvalue weighted by Crippen LogP contribution is -2.53. The number of rotatable bonds is 6. The molecule has 104 valence electrons. The number of nitrogens with two attached hydrogens (primary N) is 1. The Morgan fingerprint density at radius 2 is 1.63 bits per heavy atom. The van der Waals surface area contributed by atoms with E-state index in [2.05, 4.69) is 5.32 Å². The molecule has 6 heteroatoms. The Bertz CT molecular complexity index is 444. The van der Waals surface area contributed by atoms with E-state index in [1.54, 1.807) is 6.92 Å². The molecule has 0 bridgehead atoms. The molecule has 1 aromatic rings. The second kappa shape index (κ2) is 6.31. The summed E-state index contributed by atoms with van der Waals surface area (Å²) in [5.41, 5.74) is 4.69. The molecular weight excluding hydrogens is 248 g/mol. The maximum Gasteiger partial charge on any atom is 0.251 e. The van der Waals surface area contributed by atoms with Crippen LogP contribution in [0.3, 0.4) is 0 Å². The van der Waals surface area contributed by atoms with Crippen molar-refractivity contribution in [1.82, 2.24) is 5.32 Å². The van der Waals surface area contributed by atoms with E-state index in [-0.39, 0.29) is 13.2 Å². The van der Waals surface area contributed by atoms with Crippen LogP contribution < -0.4 is 11.1 Å². The first-order valence-corrected chi connectivity index (χ1v) is 5.92. The van der Waals surface area contributed by atoms with E-state index >= 15 is 0 Å². The third-order valence-electron chi connectivity index (χ3n) is 3.09. The third-order valence-corrected chi connectivity index (χ3v) is 3.09. The summed E-state index contributed by atoms with van der Waals surface area (Å²) in [6.45, 7) is 1.04. The number of nitrogens with one attached hydrogen (secondary N) is 1. The van der Waals surface area contributed by atoms with E-state index in [0.29, 0.717) is 17.5 Å². The van der Waals surface area contributed by atoms with Gasteiger partial charge in [0.05, 0.1) is 18.8 Å². The van der Waals surface area contributed by atoms with Crippen molar-refractivity contribution in [1.29, 1.82) is 0 Å². The van der Waals surface area contributed by atoms with E-state index in [1.807, 2.05) is 0 Å². The number of benzene rings is 1. The molecule has 0 heterocycles. The first-order chi connectivity index (χ1) is 8.98. The summed E-state index contributed by atoms with van der Waals surface area (Å²) in [5.74, 6) is -0.999. The molecule has 1 rings (SSSR count). The number of hydrogen-bond donors (Lipinski definition) is 4. The maximum absolute atomic E-state index is 12.0. The molecule has 2 amide bonds. The summed E-state index contributed by atoms with van der Waals surface area (Å²) in [6.07, 6.45) is 0.394. The quantitative estimate of drug-likeness (QED) is 0.563. The average Bonchev–Trinajstić information content (AvgIpc) is 2.45. The van der Waals surface area contributed by atoms with Crippen LogP contribution in [0.5, 0.6) is 0 Å². The predicted molar refractivity (Wildman–Crippen MR) is 69.6 cm³/mol. The van der Waals surface area contributed by atoms with Gasteiger partial charge in [0.15, 0.2) is 0 Å². The minimum Gasteiger partial charge on any atom is -0.394 e.